The third kappa shape index (κ3) is 5.99. The van der Waals surface area contributed by atoms with E-state index in [2.05, 4.69) is 15.4 Å². The highest BCUT2D eigenvalue weighted by molar-refractivity contribution is 5.94. The van der Waals surface area contributed by atoms with Crippen LogP contribution >= 0.6 is 0 Å². The van der Waals surface area contributed by atoms with Crippen LogP contribution in [-0.4, -0.2) is 24.4 Å². The summed E-state index contributed by atoms with van der Waals surface area (Å²) in [5.41, 5.74) is 1.49. The van der Waals surface area contributed by atoms with E-state index in [-0.39, 0.29) is 25.5 Å². The molecule has 0 fully saturated rings. The summed E-state index contributed by atoms with van der Waals surface area (Å²) in [5, 5.41) is 5.27. The van der Waals surface area contributed by atoms with Gasteiger partial charge in [0.05, 0.1) is 6.61 Å². The predicted octanol–water partition coefficient (Wildman–Crippen LogP) is 1.21. The molecular formula is C14H18N2O4. The Bertz CT molecular complexity index is 500. The lowest BCUT2D eigenvalue weighted by Gasteiger charge is -2.07. The molecule has 0 aliphatic carbocycles. The van der Waals surface area contributed by atoms with Crippen LogP contribution in [0.25, 0.3) is 0 Å². The van der Waals surface area contributed by atoms with Crippen molar-refractivity contribution in [2.75, 3.05) is 11.9 Å². The summed E-state index contributed by atoms with van der Waals surface area (Å²) in [6, 6.07) is 7.10. The van der Waals surface area contributed by atoms with Crippen LogP contribution in [0.15, 0.2) is 24.3 Å². The van der Waals surface area contributed by atoms with E-state index in [0.717, 1.165) is 5.56 Å². The van der Waals surface area contributed by atoms with Gasteiger partial charge in [-0.05, 0) is 24.6 Å². The average Bonchev–Trinajstić information content (AvgIpc) is 2.36. The van der Waals surface area contributed by atoms with Gasteiger partial charge in [-0.1, -0.05) is 12.1 Å². The largest absolute Gasteiger partial charge is 0.466 e. The quantitative estimate of drug-likeness (QED) is 0.605. The molecule has 0 unspecified atom stereocenters. The molecule has 0 aliphatic rings. The highest BCUT2D eigenvalue weighted by atomic mass is 16.5. The Morgan fingerprint density at radius 3 is 2.65 bits per heavy atom. The molecule has 1 aromatic carbocycles. The Kier molecular flexibility index (Phi) is 6.22. The van der Waals surface area contributed by atoms with Crippen molar-refractivity contribution in [3.63, 3.8) is 0 Å². The first-order valence-corrected chi connectivity index (χ1v) is 6.30. The van der Waals surface area contributed by atoms with E-state index < -0.39 is 11.9 Å². The minimum absolute atomic E-state index is 0.159. The number of amides is 2. The fraction of sp³-hybridized carbons (Fsp3) is 0.357. The van der Waals surface area contributed by atoms with Gasteiger partial charge in [0.15, 0.2) is 0 Å². The molecule has 0 saturated carbocycles. The fourth-order valence-corrected chi connectivity index (χ4v) is 1.57. The topological polar surface area (TPSA) is 84.5 Å². The van der Waals surface area contributed by atoms with Crippen LogP contribution in [0.5, 0.6) is 0 Å². The van der Waals surface area contributed by atoms with Crippen LogP contribution < -0.4 is 10.6 Å². The maximum absolute atomic E-state index is 11.5. The molecule has 0 aliphatic heterocycles. The highest BCUT2D eigenvalue weighted by Crippen LogP contribution is 2.10. The molecule has 0 spiro atoms. The van der Waals surface area contributed by atoms with Crippen molar-refractivity contribution >= 4 is 23.5 Å². The zero-order chi connectivity index (χ0) is 15.0. The van der Waals surface area contributed by atoms with E-state index in [0.29, 0.717) is 5.69 Å². The predicted molar refractivity (Wildman–Crippen MR) is 73.8 cm³/mol. The van der Waals surface area contributed by atoms with Crippen LogP contribution in [0.3, 0.4) is 0 Å². The first kappa shape index (κ1) is 15.7. The second-order valence-electron chi connectivity index (χ2n) is 4.14. The van der Waals surface area contributed by atoms with Gasteiger partial charge in [-0.25, -0.2) is 0 Å². The normalized spacial score (nSPS) is 9.70. The van der Waals surface area contributed by atoms with Gasteiger partial charge < -0.3 is 15.4 Å². The lowest BCUT2D eigenvalue weighted by Crippen LogP contribution is -2.26. The average molecular weight is 278 g/mol. The first-order valence-electron chi connectivity index (χ1n) is 6.30. The van der Waals surface area contributed by atoms with Crippen LogP contribution in [0.2, 0.25) is 0 Å². The summed E-state index contributed by atoms with van der Waals surface area (Å²) in [4.78, 5) is 33.5. The minimum Gasteiger partial charge on any atom is -0.466 e. The Balaban J connectivity index is 2.47. The molecule has 1 aromatic rings. The molecule has 108 valence electrons. The van der Waals surface area contributed by atoms with Gasteiger partial charge in [0.1, 0.15) is 6.42 Å². The lowest BCUT2D eigenvalue weighted by molar-refractivity contribution is -0.146. The molecule has 6 nitrogen and oxygen atoms in total. The number of anilines is 1. The molecule has 20 heavy (non-hydrogen) atoms. The van der Waals surface area contributed by atoms with E-state index >= 15 is 0 Å². The number of benzene rings is 1. The van der Waals surface area contributed by atoms with Crippen molar-refractivity contribution in [3.05, 3.63) is 29.8 Å². The van der Waals surface area contributed by atoms with Crippen molar-refractivity contribution in [2.45, 2.75) is 26.8 Å². The number of carbonyl (C=O) groups excluding carboxylic acids is 3. The van der Waals surface area contributed by atoms with E-state index in [4.69, 9.17) is 0 Å². The van der Waals surface area contributed by atoms with Crippen molar-refractivity contribution in [1.82, 2.24) is 5.32 Å². The maximum Gasteiger partial charge on any atom is 0.315 e. The fourth-order valence-electron chi connectivity index (χ4n) is 1.57. The van der Waals surface area contributed by atoms with Gasteiger partial charge in [0.2, 0.25) is 11.8 Å². The summed E-state index contributed by atoms with van der Waals surface area (Å²) >= 11 is 0. The maximum atomic E-state index is 11.5. The Labute approximate surface area is 117 Å². The van der Waals surface area contributed by atoms with Gasteiger partial charge >= 0.3 is 5.97 Å². The molecule has 2 N–H and O–H groups in total. The number of nitrogens with one attached hydrogen (secondary N) is 2. The molecular weight excluding hydrogens is 260 g/mol. The minimum atomic E-state index is -0.544. The number of ether oxygens (including phenoxy) is 1. The molecule has 1 rings (SSSR count). The standard InChI is InChI=1S/C14H18N2O4/c1-3-20-14(19)8-13(18)15-9-11-5-4-6-12(7-11)16-10(2)17/h4-7H,3,8-9H2,1-2H3,(H,15,18)(H,16,17). The van der Waals surface area contributed by atoms with Crippen LogP contribution in [0.4, 0.5) is 5.69 Å². The first-order chi connectivity index (χ1) is 9.51. The summed E-state index contributed by atoms with van der Waals surface area (Å²) < 4.78 is 4.68. The second kappa shape index (κ2) is 7.93. The zero-order valence-corrected chi connectivity index (χ0v) is 11.6. The summed E-state index contributed by atoms with van der Waals surface area (Å²) in [5.74, 6) is -1.10. The third-order valence-electron chi connectivity index (χ3n) is 2.35. The highest BCUT2D eigenvalue weighted by Gasteiger charge is 2.09. The molecule has 0 heterocycles. The van der Waals surface area contributed by atoms with E-state index in [1.807, 2.05) is 6.07 Å². The zero-order valence-electron chi connectivity index (χ0n) is 11.6. The van der Waals surface area contributed by atoms with Crippen LogP contribution in [0.1, 0.15) is 25.8 Å². The Hall–Kier alpha value is -2.37. The number of hydrogen-bond acceptors (Lipinski definition) is 4. The van der Waals surface area contributed by atoms with Crippen molar-refractivity contribution < 1.29 is 19.1 Å². The molecule has 0 radical (unpaired) electrons. The third-order valence-corrected chi connectivity index (χ3v) is 2.35. The number of esters is 1. The number of hydrogen-bond donors (Lipinski definition) is 2. The summed E-state index contributed by atoms with van der Waals surface area (Å²) in [6.45, 7) is 3.65. The Morgan fingerprint density at radius 2 is 2.00 bits per heavy atom. The lowest BCUT2D eigenvalue weighted by atomic mass is 10.2. The summed E-state index contributed by atoms with van der Waals surface area (Å²) in [6.07, 6.45) is -0.292. The summed E-state index contributed by atoms with van der Waals surface area (Å²) in [7, 11) is 0. The van der Waals surface area contributed by atoms with Crippen LogP contribution in [-0.2, 0) is 25.7 Å². The molecule has 6 heteroatoms. The monoisotopic (exact) mass is 278 g/mol. The Morgan fingerprint density at radius 1 is 1.25 bits per heavy atom. The smallest absolute Gasteiger partial charge is 0.315 e. The van der Waals surface area contributed by atoms with Crippen molar-refractivity contribution in [3.8, 4) is 0 Å². The van der Waals surface area contributed by atoms with Crippen LogP contribution in [0, 0.1) is 0 Å². The SMILES string of the molecule is CCOC(=O)CC(=O)NCc1cccc(NC(C)=O)c1. The van der Waals surface area contributed by atoms with Gasteiger partial charge in [0, 0.05) is 19.2 Å². The molecule has 0 bridgehead atoms. The second-order valence-corrected chi connectivity index (χ2v) is 4.14. The van der Waals surface area contributed by atoms with Gasteiger partial charge in [-0.2, -0.15) is 0 Å². The van der Waals surface area contributed by atoms with Crippen molar-refractivity contribution in [2.24, 2.45) is 0 Å². The number of carbonyl (C=O) groups is 3. The van der Waals surface area contributed by atoms with Gasteiger partial charge in [0.25, 0.3) is 0 Å². The van der Waals surface area contributed by atoms with E-state index in [1.165, 1.54) is 6.92 Å². The van der Waals surface area contributed by atoms with Crippen molar-refractivity contribution in [1.29, 1.82) is 0 Å². The molecule has 0 aromatic heterocycles. The van der Waals surface area contributed by atoms with E-state index in [9.17, 15) is 14.4 Å². The van der Waals surface area contributed by atoms with Gasteiger partial charge in [-0.15, -0.1) is 0 Å². The molecule has 0 saturated heterocycles. The molecule has 2 amide bonds. The van der Waals surface area contributed by atoms with E-state index in [1.54, 1.807) is 25.1 Å². The molecule has 0 atom stereocenters. The van der Waals surface area contributed by atoms with Gasteiger partial charge in [-0.3, -0.25) is 14.4 Å². The number of rotatable bonds is 6.